The van der Waals surface area contributed by atoms with Crippen molar-refractivity contribution in [3.8, 4) is 11.3 Å². The summed E-state index contributed by atoms with van der Waals surface area (Å²) in [6.45, 7) is 6.32. The minimum Gasteiger partial charge on any atom is -0.296 e. The van der Waals surface area contributed by atoms with Crippen molar-refractivity contribution in [2.24, 2.45) is 0 Å². The topological polar surface area (TPSA) is 47.3 Å². The Kier molecular flexibility index (Phi) is 3.28. The average molecular weight is 335 g/mol. The normalized spacial score (nSPS) is 12.1. The fourth-order valence-corrected chi connectivity index (χ4v) is 3.69. The summed E-state index contributed by atoms with van der Waals surface area (Å²) in [6, 6.07) is 14.3. The second-order valence-corrected chi connectivity index (χ2v) is 7.83. The van der Waals surface area contributed by atoms with E-state index in [4.69, 9.17) is 0 Å². The highest BCUT2D eigenvalue weighted by Gasteiger charge is 2.23. The molecule has 5 heteroatoms. The van der Waals surface area contributed by atoms with Crippen LogP contribution in [0.2, 0.25) is 0 Å². The molecular weight excluding hydrogens is 318 g/mol. The molecule has 0 spiro atoms. The summed E-state index contributed by atoms with van der Waals surface area (Å²) in [7, 11) is 0. The van der Waals surface area contributed by atoms with Gasteiger partial charge in [0.25, 0.3) is 0 Å². The number of benzene rings is 2. The van der Waals surface area contributed by atoms with Crippen LogP contribution in [-0.2, 0) is 5.41 Å². The van der Waals surface area contributed by atoms with Gasteiger partial charge in [-0.15, -0.1) is 0 Å². The summed E-state index contributed by atoms with van der Waals surface area (Å²) in [5.74, 6) is 0. The molecular formula is C19H17N3OS. The Morgan fingerprint density at radius 2 is 1.83 bits per heavy atom. The lowest BCUT2D eigenvalue weighted by Crippen LogP contribution is -2.11. The van der Waals surface area contributed by atoms with E-state index in [2.05, 4.69) is 55.1 Å². The monoisotopic (exact) mass is 335 g/mol. The minimum absolute atomic E-state index is 0.0609. The fraction of sp³-hybridized carbons (Fsp3) is 0.211. The van der Waals surface area contributed by atoms with Crippen LogP contribution in [0.3, 0.4) is 0 Å². The summed E-state index contributed by atoms with van der Waals surface area (Å²) in [5.41, 5.74) is 2.07. The van der Waals surface area contributed by atoms with Crippen LogP contribution in [-0.4, -0.2) is 20.9 Å². The molecule has 4 rings (SSSR count). The van der Waals surface area contributed by atoms with Gasteiger partial charge >= 0.3 is 0 Å². The first-order valence-corrected chi connectivity index (χ1v) is 8.63. The number of rotatable bonds is 2. The molecule has 0 fully saturated rings. The molecule has 0 saturated heterocycles. The SMILES string of the molecule is CC(C)(C)c1nn2c(C=O)c(-c3ccc4ccccc4c3)nc2s1. The quantitative estimate of drug-likeness (QED) is 0.498. The summed E-state index contributed by atoms with van der Waals surface area (Å²) in [6.07, 6.45) is 0.844. The van der Waals surface area contributed by atoms with Crippen molar-refractivity contribution in [2.45, 2.75) is 26.2 Å². The van der Waals surface area contributed by atoms with E-state index < -0.39 is 0 Å². The van der Waals surface area contributed by atoms with Crippen LogP contribution in [0.4, 0.5) is 0 Å². The number of imidazole rings is 1. The lowest BCUT2D eigenvalue weighted by Gasteiger charge is -2.12. The molecule has 0 amide bonds. The van der Waals surface area contributed by atoms with E-state index in [0.717, 1.165) is 27.2 Å². The predicted octanol–water partition coefficient (Wildman–Crippen LogP) is 4.72. The first-order chi connectivity index (χ1) is 11.5. The lowest BCUT2D eigenvalue weighted by molar-refractivity contribution is 0.111. The third-order valence-electron chi connectivity index (χ3n) is 4.01. The molecule has 0 unspecified atom stereocenters. The van der Waals surface area contributed by atoms with E-state index in [9.17, 15) is 4.79 Å². The highest BCUT2D eigenvalue weighted by Crippen LogP contribution is 2.32. The fourth-order valence-electron chi connectivity index (χ4n) is 2.72. The van der Waals surface area contributed by atoms with E-state index in [-0.39, 0.29) is 5.41 Å². The molecule has 0 radical (unpaired) electrons. The van der Waals surface area contributed by atoms with Gasteiger partial charge in [-0.3, -0.25) is 4.79 Å². The van der Waals surface area contributed by atoms with Crippen LogP contribution in [0.25, 0.3) is 27.0 Å². The van der Waals surface area contributed by atoms with Gasteiger partial charge in [0.05, 0.1) is 0 Å². The highest BCUT2D eigenvalue weighted by atomic mass is 32.1. The zero-order valence-corrected chi connectivity index (χ0v) is 14.6. The molecule has 2 heterocycles. The Bertz CT molecular complexity index is 1070. The molecule has 120 valence electrons. The lowest BCUT2D eigenvalue weighted by atomic mass is 9.98. The molecule has 0 saturated carbocycles. The molecule has 0 aliphatic heterocycles. The van der Waals surface area contributed by atoms with Crippen molar-refractivity contribution in [1.29, 1.82) is 0 Å². The summed E-state index contributed by atoms with van der Waals surface area (Å²) < 4.78 is 1.67. The van der Waals surface area contributed by atoms with E-state index in [1.807, 2.05) is 18.2 Å². The Morgan fingerprint density at radius 3 is 2.54 bits per heavy atom. The first kappa shape index (κ1) is 15.0. The van der Waals surface area contributed by atoms with Crippen molar-refractivity contribution < 1.29 is 4.79 Å². The summed E-state index contributed by atoms with van der Waals surface area (Å²) >= 11 is 1.53. The number of aldehydes is 1. The minimum atomic E-state index is -0.0609. The van der Waals surface area contributed by atoms with Gasteiger partial charge in [-0.2, -0.15) is 9.61 Å². The number of aromatic nitrogens is 3. The second kappa shape index (κ2) is 5.24. The molecule has 4 nitrogen and oxygen atoms in total. The van der Waals surface area contributed by atoms with E-state index in [1.54, 1.807) is 4.52 Å². The van der Waals surface area contributed by atoms with Gasteiger partial charge in [-0.05, 0) is 16.8 Å². The largest absolute Gasteiger partial charge is 0.296 e. The van der Waals surface area contributed by atoms with Gasteiger partial charge in [0, 0.05) is 11.0 Å². The Labute approximate surface area is 143 Å². The van der Waals surface area contributed by atoms with Crippen LogP contribution in [0.1, 0.15) is 36.3 Å². The number of carbonyl (C=O) groups is 1. The zero-order valence-electron chi connectivity index (χ0n) is 13.8. The molecule has 0 N–H and O–H groups in total. The van der Waals surface area contributed by atoms with E-state index in [0.29, 0.717) is 11.4 Å². The Hall–Kier alpha value is -2.53. The predicted molar refractivity (Wildman–Crippen MR) is 97.9 cm³/mol. The molecule has 2 aromatic carbocycles. The maximum atomic E-state index is 11.7. The number of fused-ring (bicyclic) bond motifs is 2. The summed E-state index contributed by atoms with van der Waals surface area (Å²) in [4.78, 5) is 17.1. The van der Waals surface area contributed by atoms with Crippen LogP contribution in [0.5, 0.6) is 0 Å². The van der Waals surface area contributed by atoms with Crippen LogP contribution < -0.4 is 0 Å². The number of nitrogens with zero attached hydrogens (tertiary/aromatic N) is 3. The number of hydrogen-bond donors (Lipinski definition) is 0. The third-order valence-corrected chi connectivity index (χ3v) is 5.35. The van der Waals surface area contributed by atoms with Crippen molar-refractivity contribution in [1.82, 2.24) is 14.6 Å². The third kappa shape index (κ3) is 2.32. The maximum absolute atomic E-state index is 11.7. The molecule has 0 aliphatic rings. The Balaban J connectivity index is 1.92. The van der Waals surface area contributed by atoms with Gasteiger partial charge in [0.15, 0.2) is 6.29 Å². The van der Waals surface area contributed by atoms with Crippen LogP contribution in [0.15, 0.2) is 42.5 Å². The van der Waals surface area contributed by atoms with Gasteiger partial charge < -0.3 is 0 Å². The second-order valence-electron chi connectivity index (χ2n) is 6.88. The molecule has 2 aromatic heterocycles. The molecule has 4 aromatic rings. The smallest absolute Gasteiger partial charge is 0.213 e. The van der Waals surface area contributed by atoms with Crippen molar-refractivity contribution in [3.05, 3.63) is 53.2 Å². The standard InChI is InChI=1S/C19H17N3OS/c1-19(2,3)17-21-22-15(11-23)16(20-18(22)24-17)14-9-8-12-6-4-5-7-13(12)10-14/h4-11H,1-3H3. The maximum Gasteiger partial charge on any atom is 0.213 e. The van der Waals surface area contributed by atoms with Gasteiger partial charge in [0.1, 0.15) is 16.4 Å². The van der Waals surface area contributed by atoms with Crippen molar-refractivity contribution >= 4 is 33.4 Å². The zero-order chi connectivity index (χ0) is 16.9. The highest BCUT2D eigenvalue weighted by molar-refractivity contribution is 7.16. The van der Waals surface area contributed by atoms with Crippen molar-refractivity contribution in [2.75, 3.05) is 0 Å². The number of hydrogen-bond acceptors (Lipinski definition) is 4. The van der Waals surface area contributed by atoms with Gasteiger partial charge in [-0.25, -0.2) is 4.98 Å². The van der Waals surface area contributed by atoms with E-state index in [1.165, 1.54) is 16.7 Å². The number of carbonyl (C=O) groups excluding carboxylic acids is 1. The Morgan fingerprint density at radius 1 is 1.08 bits per heavy atom. The first-order valence-electron chi connectivity index (χ1n) is 7.82. The summed E-state index contributed by atoms with van der Waals surface area (Å²) in [5, 5.41) is 7.88. The molecule has 24 heavy (non-hydrogen) atoms. The average Bonchev–Trinajstić information content (AvgIpc) is 3.11. The van der Waals surface area contributed by atoms with Crippen LogP contribution >= 0.6 is 11.3 Å². The van der Waals surface area contributed by atoms with Gasteiger partial charge in [-0.1, -0.05) is 68.5 Å². The molecule has 0 bridgehead atoms. The van der Waals surface area contributed by atoms with Gasteiger partial charge in [0.2, 0.25) is 4.96 Å². The molecule has 0 atom stereocenters. The molecule has 0 aliphatic carbocycles. The van der Waals surface area contributed by atoms with Crippen LogP contribution in [0, 0.1) is 0 Å². The van der Waals surface area contributed by atoms with Crippen molar-refractivity contribution in [3.63, 3.8) is 0 Å². The van der Waals surface area contributed by atoms with E-state index >= 15 is 0 Å².